The lowest BCUT2D eigenvalue weighted by Crippen LogP contribution is -2.32. The van der Waals surface area contributed by atoms with Gasteiger partial charge < -0.3 is 4.74 Å². The molecule has 1 aromatic carbocycles. The van der Waals surface area contributed by atoms with Crippen LogP contribution in [0.15, 0.2) is 28.5 Å². The molecule has 0 amide bonds. The van der Waals surface area contributed by atoms with Gasteiger partial charge in [-0.15, -0.1) is 11.3 Å². The third-order valence-electron chi connectivity index (χ3n) is 4.60. The monoisotopic (exact) mass is 442 g/mol. The van der Waals surface area contributed by atoms with Crippen LogP contribution < -0.4 is 0 Å². The number of rotatable bonds is 6. The predicted molar refractivity (Wildman–Crippen MR) is 109 cm³/mol. The van der Waals surface area contributed by atoms with Gasteiger partial charge in [-0.25, -0.2) is 18.2 Å². The quantitative estimate of drug-likeness (QED) is 0.624. The molecule has 2 heterocycles. The highest BCUT2D eigenvalue weighted by Crippen LogP contribution is 2.28. The molecule has 2 aromatic rings. The maximum absolute atomic E-state index is 13.0. The first kappa shape index (κ1) is 21.2. The van der Waals surface area contributed by atoms with Gasteiger partial charge in [-0.1, -0.05) is 31.4 Å². The largest absolute Gasteiger partial charge is 0.456 e. The lowest BCUT2D eigenvalue weighted by atomic mass is 10.2. The summed E-state index contributed by atoms with van der Waals surface area (Å²) in [6, 6.07) is 4.22. The summed E-state index contributed by atoms with van der Waals surface area (Å²) < 4.78 is 32.8. The van der Waals surface area contributed by atoms with Crippen molar-refractivity contribution in [2.45, 2.75) is 50.5 Å². The molecule has 0 unspecified atom stereocenters. The molecular weight excluding hydrogens is 420 g/mol. The van der Waals surface area contributed by atoms with Crippen LogP contribution in [-0.4, -0.2) is 36.8 Å². The Morgan fingerprint density at radius 2 is 1.96 bits per heavy atom. The highest BCUT2D eigenvalue weighted by Gasteiger charge is 2.28. The van der Waals surface area contributed by atoms with Crippen LogP contribution in [0.25, 0.3) is 0 Å². The third kappa shape index (κ3) is 4.92. The molecule has 0 saturated carbocycles. The fraction of sp³-hybridized carbons (Fsp3) is 0.474. The van der Waals surface area contributed by atoms with Crippen LogP contribution in [-0.2, 0) is 27.8 Å². The van der Waals surface area contributed by atoms with Crippen LogP contribution >= 0.6 is 22.9 Å². The zero-order chi connectivity index (χ0) is 20.1. The van der Waals surface area contributed by atoms with Gasteiger partial charge in [0.25, 0.3) is 0 Å². The SMILES string of the molecule is CCc1nc(COC(=O)c2ccc(Cl)c(S(=O)(=O)N3CCCCCC3)c2)cs1. The van der Waals surface area contributed by atoms with Crippen molar-refractivity contribution in [3.05, 3.63) is 44.9 Å². The lowest BCUT2D eigenvalue weighted by molar-refractivity contribution is 0.0468. The van der Waals surface area contributed by atoms with Gasteiger partial charge in [0.1, 0.15) is 11.5 Å². The summed E-state index contributed by atoms with van der Waals surface area (Å²) in [6.45, 7) is 2.99. The number of benzene rings is 1. The maximum atomic E-state index is 13.0. The molecule has 0 atom stereocenters. The molecular formula is C19H23ClN2O4S2. The first-order chi connectivity index (χ1) is 13.4. The second-order valence-electron chi connectivity index (χ2n) is 6.63. The molecule has 0 radical (unpaired) electrons. The average molecular weight is 443 g/mol. The molecule has 0 aliphatic carbocycles. The fourth-order valence-electron chi connectivity index (χ4n) is 3.05. The highest BCUT2D eigenvalue weighted by atomic mass is 35.5. The topological polar surface area (TPSA) is 76.6 Å². The van der Waals surface area contributed by atoms with E-state index in [2.05, 4.69) is 4.98 Å². The van der Waals surface area contributed by atoms with Crippen LogP contribution in [0.1, 0.15) is 53.7 Å². The van der Waals surface area contributed by atoms with Crippen molar-refractivity contribution in [2.24, 2.45) is 0 Å². The summed E-state index contributed by atoms with van der Waals surface area (Å²) in [5.41, 5.74) is 0.838. The Bertz CT molecular complexity index is 935. The van der Waals surface area contributed by atoms with Crippen molar-refractivity contribution in [1.82, 2.24) is 9.29 Å². The zero-order valence-electron chi connectivity index (χ0n) is 15.7. The minimum absolute atomic E-state index is 0.0478. The maximum Gasteiger partial charge on any atom is 0.338 e. The van der Waals surface area contributed by atoms with Crippen molar-refractivity contribution in [2.75, 3.05) is 13.1 Å². The van der Waals surface area contributed by atoms with Gasteiger partial charge in [0, 0.05) is 18.5 Å². The molecule has 3 rings (SSSR count). The predicted octanol–water partition coefficient (Wildman–Crippen LogP) is 4.28. The summed E-state index contributed by atoms with van der Waals surface area (Å²) in [6.07, 6.45) is 4.51. The zero-order valence-corrected chi connectivity index (χ0v) is 18.1. The van der Waals surface area contributed by atoms with E-state index in [-0.39, 0.29) is 22.1 Å². The van der Waals surface area contributed by atoms with Crippen LogP contribution in [0.2, 0.25) is 5.02 Å². The number of carbonyl (C=O) groups is 1. The molecule has 0 bridgehead atoms. The second-order valence-corrected chi connectivity index (χ2v) is 9.88. The third-order valence-corrected chi connectivity index (χ3v) is 8.02. The van der Waals surface area contributed by atoms with Crippen molar-refractivity contribution in [1.29, 1.82) is 0 Å². The lowest BCUT2D eigenvalue weighted by Gasteiger charge is -2.21. The van der Waals surface area contributed by atoms with E-state index in [4.69, 9.17) is 16.3 Å². The molecule has 1 aliphatic rings. The van der Waals surface area contributed by atoms with E-state index in [1.54, 1.807) is 0 Å². The first-order valence-corrected chi connectivity index (χ1v) is 12.0. The molecule has 1 fully saturated rings. The number of sulfonamides is 1. The number of hydrogen-bond acceptors (Lipinski definition) is 6. The molecule has 0 N–H and O–H groups in total. The van der Waals surface area contributed by atoms with Crippen molar-refractivity contribution < 1.29 is 17.9 Å². The summed E-state index contributed by atoms with van der Waals surface area (Å²) in [7, 11) is -3.76. The van der Waals surface area contributed by atoms with E-state index in [0.717, 1.165) is 37.1 Å². The first-order valence-electron chi connectivity index (χ1n) is 9.32. The molecule has 9 heteroatoms. The summed E-state index contributed by atoms with van der Waals surface area (Å²) >= 11 is 7.69. The number of carbonyl (C=O) groups excluding carboxylic acids is 1. The van der Waals surface area contributed by atoms with Crippen LogP contribution in [0.4, 0.5) is 0 Å². The van der Waals surface area contributed by atoms with Crippen LogP contribution in [0, 0.1) is 0 Å². The molecule has 28 heavy (non-hydrogen) atoms. The molecule has 6 nitrogen and oxygen atoms in total. The van der Waals surface area contributed by atoms with Gasteiger partial charge in [-0.3, -0.25) is 0 Å². The number of hydrogen-bond donors (Lipinski definition) is 0. The van der Waals surface area contributed by atoms with E-state index in [9.17, 15) is 13.2 Å². The summed E-state index contributed by atoms with van der Waals surface area (Å²) in [5.74, 6) is -0.602. The van der Waals surface area contributed by atoms with E-state index >= 15 is 0 Å². The van der Waals surface area contributed by atoms with E-state index < -0.39 is 16.0 Å². The second kappa shape index (κ2) is 9.35. The minimum Gasteiger partial charge on any atom is -0.456 e. The minimum atomic E-state index is -3.76. The van der Waals surface area contributed by atoms with E-state index in [1.807, 2.05) is 12.3 Å². The van der Waals surface area contributed by atoms with E-state index in [0.29, 0.717) is 18.8 Å². The van der Waals surface area contributed by atoms with Crippen molar-refractivity contribution in [3.63, 3.8) is 0 Å². The van der Waals surface area contributed by atoms with Crippen LogP contribution in [0.3, 0.4) is 0 Å². The number of halogens is 1. The number of aryl methyl sites for hydroxylation is 1. The Balaban J connectivity index is 1.77. The number of esters is 1. The Morgan fingerprint density at radius 1 is 1.25 bits per heavy atom. The van der Waals surface area contributed by atoms with Gasteiger partial charge in [-0.2, -0.15) is 4.31 Å². The van der Waals surface area contributed by atoms with Gasteiger partial charge in [0.15, 0.2) is 0 Å². The average Bonchev–Trinajstić information content (AvgIpc) is 2.97. The fourth-order valence-corrected chi connectivity index (χ4v) is 5.80. The van der Waals surface area contributed by atoms with Gasteiger partial charge >= 0.3 is 5.97 Å². The van der Waals surface area contributed by atoms with Gasteiger partial charge in [0.2, 0.25) is 10.0 Å². The summed E-state index contributed by atoms with van der Waals surface area (Å²) in [5, 5.41) is 2.93. The Labute approximate surface area is 174 Å². The molecule has 1 saturated heterocycles. The van der Waals surface area contributed by atoms with Gasteiger partial charge in [-0.05, 0) is 37.5 Å². The van der Waals surface area contributed by atoms with Crippen molar-refractivity contribution in [3.8, 4) is 0 Å². The Hall–Kier alpha value is -1.48. The molecule has 1 aromatic heterocycles. The van der Waals surface area contributed by atoms with Crippen molar-refractivity contribution >= 4 is 38.9 Å². The summed E-state index contributed by atoms with van der Waals surface area (Å²) in [4.78, 5) is 16.7. The van der Waals surface area contributed by atoms with E-state index in [1.165, 1.54) is 33.8 Å². The Morgan fingerprint density at radius 3 is 2.61 bits per heavy atom. The molecule has 1 aliphatic heterocycles. The number of aromatic nitrogens is 1. The normalized spacial score (nSPS) is 15.9. The smallest absolute Gasteiger partial charge is 0.338 e. The Kier molecular flexibility index (Phi) is 7.09. The number of nitrogens with zero attached hydrogens (tertiary/aromatic N) is 2. The highest BCUT2D eigenvalue weighted by molar-refractivity contribution is 7.89. The van der Waals surface area contributed by atoms with Gasteiger partial charge in [0.05, 0.1) is 21.3 Å². The molecule has 0 spiro atoms. The molecule has 152 valence electrons. The standard InChI is InChI=1S/C19H23ClN2O4S2/c1-2-18-21-15(13-27-18)12-26-19(23)14-7-8-16(20)17(11-14)28(24,25)22-9-5-3-4-6-10-22/h7-8,11,13H,2-6,9-10,12H2,1H3. The number of thiazole rings is 1. The number of ether oxygens (including phenoxy) is 1. The van der Waals surface area contributed by atoms with Crippen LogP contribution in [0.5, 0.6) is 0 Å².